The zero-order valence-corrected chi connectivity index (χ0v) is 8.77. The highest BCUT2D eigenvalue weighted by Crippen LogP contribution is 2.32. The topological polar surface area (TPSA) is 12.0 Å². The van der Waals surface area contributed by atoms with E-state index in [9.17, 15) is 0 Å². The molecule has 1 N–H and O–H groups in total. The summed E-state index contributed by atoms with van der Waals surface area (Å²) in [6.07, 6.45) is 5.82. The summed E-state index contributed by atoms with van der Waals surface area (Å²) < 4.78 is 0. The molecule has 1 aliphatic rings. The van der Waals surface area contributed by atoms with Crippen LogP contribution < -0.4 is 5.32 Å². The van der Waals surface area contributed by atoms with Gasteiger partial charge in [-0.25, -0.2) is 0 Å². The molecule has 0 radical (unpaired) electrons. The predicted molar refractivity (Wildman–Crippen MR) is 54.2 cm³/mol. The van der Waals surface area contributed by atoms with E-state index < -0.39 is 0 Å². The zero-order valence-electron chi connectivity index (χ0n) is 8.77. The standard InChI is InChI=1S/C11H23N/c1-9(2)11-6-4-10(5-7-11)8-12-3/h9-12H,4-8H2,1-3H3/t10-,11-. The average molecular weight is 169 g/mol. The van der Waals surface area contributed by atoms with Crippen molar-refractivity contribution in [2.45, 2.75) is 39.5 Å². The number of hydrogen-bond acceptors (Lipinski definition) is 1. The van der Waals surface area contributed by atoms with Crippen LogP contribution in [0, 0.1) is 17.8 Å². The maximum absolute atomic E-state index is 3.28. The van der Waals surface area contributed by atoms with Crippen LogP contribution in [0.15, 0.2) is 0 Å². The summed E-state index contributed by atoms with van der Waals surface area (Å²) in [4.78, 5) is 0. The van der Waals surface area contributed by atoms with Gasteiger partial charge in [0.05, 0.1) is 0 Å². The van der Waals surface area contributed by atoms with Crippen LogP contribution in [0.3, 0.4) is 0 Å². The van der Waals surface area contributed by atoms with Crippen LogP contribution in [-0.4, -0.2) is 13.6 Å². The van der Waals surface area contributed by atoms with Crippen LogP contribution in [0.2, 0.25) is 0 Å². The molecule has 1 saturated carbocycles. The van der Waals surface area contributed by atoms with Crippen molar-refractivity contribution in [2.24, 2.45) is 17.8 Å². The molecule has 1 rings (SSSR count). The quantitative estimate of drug-likeness (QED) is 0.685. The first-order valence-electron chi connectivity index (χ1n) is 5.38. The van der Waals surface area contributed by atoms with Crippen LogP contribution in [0.1, 0.15) is 39.5 Å². The summed E-state index contributed by atoms with van der Waals surface area (Å²) >= 11 is 0. The van der Waals surface area contributed by atoms with Gasteiger partial charge in [0.15, 0.2) is 0 Å². The monoisotopic (exact) mass is 169 g/mol. The van der Waals surface area contributed by atoms with E-state index in [0.29, 0.717) is 0 Å². The third kappa shape index (κ3) is 2.78. The molecule has 72 valence electrons. The third-order valence-electron chi connectivity index (χ3n) is 3.33. The summed E-state index contributed by atoms with van der Waals surface area (Å²) in [5, 5.41) is 3.28. The van der Waals surface area contributed by atoms with E-state index in [4.69, 9.17) is 0 Å². The fraction of sp³-hybridized carbons (Fsp3) is 1.00. The molecule has 0 aliphatic heterocycles. The lowest BCUT2D eigenvalue weighted by Crippen LogP contribution is -2.25. The Balaban J connectivity index is 2.20. The lowest BCUT2D eigenvalue weighted by molar-refractivity contribution is 0.222. The molecule has 1 aliphatic carbocycles. The van der Waals surface area contributed by atoms with Crippen LogP contribution in [0.25, 0.3) is 0 Å². The second-order valence-corrected chi connectivity index (χ2v) is 4.58. The van der Waals surface area contributed by atoms with Gasteiger partial charge in [0.1, 0.15) is 0 Å². The van der Waals surface area contributed by atoms with E-state index in [0.717, 1.165) is 17.8 Å². The molecule has 0 saturated heterocycles. The van der Waals surface area contributed by atoms with Crippen molar-refractivity contribution in [2.75, 3.05) is 13.6 Å². The first-order chi connectivity index (χ1) is 5.74. The Hall–Kier alpha value is -0.0400. The highest BCUT2D eigenvalue weighted by Gasteiger charge is 2.22. The second-order valence-electron chi connectivity index (χ2n) is 4.58. The maximum atomic E-state index is 3.28. The maximum Gasteiger partial charge on any atom is -0.00235 e. The van der Waals surface area contributed by atoms with Gasteiger partial charge in [-0.15, -0.1) is 0 Å². The van der Waals surface area contributed by atoms with Gasteiger partial charge in [-0.3, -0.25) is 0 Å². The summed E-state index contributed by atoms with van der Waals surface area (Å²) in [5.74, 6) is 2.88. The molecule has 1 fully saturated rings. The molecule has 0 atom stereocenters. The summed E-state index contributed by atoms with van der Waals surface area (Å²) in [5.41, 5.74) is 0. The normalized spacial score (nSPS) is 31.0. The number of rotatable bonds is 3. The van der Waals surface area contributed by atoms with Crippen molar-refractivity contribution in [1.29, 1.82) is 0 Å². The summed E-state index contributed by atoms with van der Waals surface area (Å²) in [6.45, 7) is 5.96. The number of nitrogens with one attached hydrogen (secondary N) is 1. The zero-order chi connectivity index (χ0) is 8.97. The van der Waals surface area contributed by atoms with Crippen LogP contribution in [0.5, 0.6) is 0 Å². The Morgan fingerprint density at radius 2 is 1.75 bits per heavy atom. The highest BCUT2D eigenvalue weighted by molar-refractivity contribution is 4.75. The molecular weight excluding hydrogens is 146 g/mol. The van der Waals surface area contributed by atoms with E-state index >= 15 is 0 Å². The van der Waals surface area contributed by atoms with Gasteiger partial charge in [-0.1, -0.05) is 13.8 Å². The SMILES string of the molecule is CNC[C@H]1CC[C@H](C(C)C)CC1. The van der Waals surface area contributed by atoms with Crippen molar-refractivity contribution in [3.8, 4) is 0 Å². The van der Waals surface area contributed by atoms with Gasteiger partial charge >= 0.3 is 0 Å². The van der Waals surface area contributed by atoms with E-state index in [1.54, 1.807) is 0 Å². The van der Waals surface area contributed by atoms with Crippen LogP contribution in [0.4, 0.5) is 0 Å². The molecule has 12 heavy (non-hydrogen) atoms. The lowest BCUT2D eigenvalue weighted by atomic mass is 9.77. The molecule has 0 amide bonds. The highest BCUT2D eigenvalue weighted by atomic mass is 14.8. The van der Waals surface area contributed by atoms with Gasteiger partial charge in [0.2, 0.25) is 0 Å². The smallest absolute Gasteiger partial charge is 0.00235 e. The Labute approximate surface area is 76.9 Å². The lowest BCUT2D eigenvalue weighted by Gasteiger charge is -2.30. The minimum atomic E-state index is 0.903. The van der Waals surface area contributed by atoms with Crippen molar-refractivity contribution in [1.82, 2.24) is 5.32 Å². The molecule has 0 bridgehead atoms. The molecule has 1 heteroatoms. The van der Waals surface area contributed by atoms with Crippen LogP contribution in [-0.2, 0) is 0 Å². The van der Waals surface area contributed by atoms with Crippen molar-refractivity contribution in [3.63, 3.8) is 0 Å². The first-order valence-corrected chi connectivity index (χ1v) is 5.38. The molecule has 0 unspecified atom stereocenters. The molecule has 1 nitrogen and oxygen atoms in total. The van der Waals surface area contributed by atoms with Crippen LogP contribution >= 0.6 is 0 Å². The van der Waals surface area contributed by atoms with Gasteiger partial charge < -0.3 is 5.32 Å². The predicted octanol–water partition coefficient (Wildman–Crippen LogP) is 2.67. The van der Waals surface area contributed by atoms with E-state index in [1.165, 1.54) is 32.2 Å². The van der Waals surface area contributed by atoms with E-state index in [1.807, 2.05) is 0 Å². The largest absolute Gasteiger partial charge is 0.319 e. The van der Waals surface area contributed by atoms with Gasteiger partial charge in [-0.2, -0.15) is 0 Å². The minimum absolute atomic E-state index is 0.903. The van der Waals surface area contributed by atoms with E-state index in [2.05, 4.69) is 26.2 Å². The molecule has 0 heterocycles. The Morgan fingerprint density at radius 3 is 2.17 bits per heavy atom. The van der Waals surface area contributed by atoms with Gasteiger partial charge in [-0.05, 0) is 57.0 Å². The average Bonchev–Trinajstić information content (AvgIpc) is 2.06. The molecule has 0 spiro atoms. The second kappa shape index (κ2) is 4.86. The van der Waals surface area contributed by atoms with E-state index in [-0.39, 0.29) is 0 Å². The van der Waals surface area contributed by atoms with Gasteiger partial charge in [0, 0.05) is 0 Å². The Bertz CT molecular complexity index is 112. The molecular formula is C11H23N. The summed E-state index contributed by atoms with van der Waals surface area (Å²) in [7, 11) is 2.06. The molecule has 0 aromatic heterocycles. The minimum Gasteiger partial charge on any atom is -0.319 e. The summed E-state index contributed by atoms with van der Waals surface area (Å²) in [6, 6.07) is 0. The van der Waals surface area contributed by atoms with Crippen molar-refractivity contribution < 1.29 is 0 Å². The van der Waals surface area contributed by atoms with Crippen molar-refractivity contribution in [3.05, 3.63) is 0 Å². The Kier molecular flexibility index (Phi) is 4.07. The third-order valence-corrected chi connectivity index (χ3v) is 3.33. The molecule has 0 aromatic carbocycles. The Morgan fingerprint density at radius 1 is 1.17 bits per heavy atom. The van der Waals surface area contributed by atoms with Gasteiger partial charge in [0.25, 0.3) is 0 Å². The first kappa shape index (κ1) is 10.0. The number of hydrogen-bond donors (Lipinski definition) is 1. The fourth-order valence-corrected chi connectivity index (χ4v) is 2.35. The fourth-order valence-electron chi connectivity index (χ4n) is 2.35. The van der Waals surface area contributed by atoms with Crippen molar-refractivity contribution >= 4 is 0 Å². The molecule has 0 aromatic rings.